The molecule has 2 aromatic rings. The number of thiocarbonyl (C=S) groups is 1. The Hall–Kier alpha value is -2.34. The van der Waals surface area contributed by atoms with Gasteiger partial charge >= 0.3 is 0 Å². The first-order chi connectivity index (χ1) is 10.5. The summed E-state index contributed by atoms with van der Waals surface area (Å²) >= 11 is 5.05. The molecular formula is C16H18N2O3S. The lowest BCUT2D eigenvalue weighted by molar-refractivity contribution is 0.414. The molecule has 1 heterocycles. The van der Waals surface area contributed by atoms with Gasteiger partial charge in [0.2, 0.25) is 0 Å². The van der Waals surface area contributed by atoms with Crippen molar-refractivity contribution in [3.05, 3.63) is 58.5 Å². The zero-order valence-electron chi connectivity index (χ0n) is 12.8. The summed E-state index contributed by atoms with van der Waals surface area (Å²) in [6.45, 7) is 0.487. The van der Waals surface area contributed by atoms with Gasteiger partial charge in [-0.05, 0) is 36.0 Å². The molecule has 1 aromatic carbocycles. The van der Waals surface area contributed by atoms with Gasteiger partial charge in [0.25, 0.3) is 10.7 Å². The molecule has 0 saturated carbocycles. The first-order valence-electron chi connectivity index (χ1n) is 6.72. The van der Waals surface area contributed by atoms with Gasteiger partial charge in [0.05, 0.1) is 13.7 Å². The molecule has 0 N–H and O–H groups in total. The van der Waals surface area contributed by atoms with Crippen LogP contribution in [0.4, 0.5) is 0 Å². The van der Waals surface area contributed by atoms with E-state index in [0.717, 1.165) is 11.3 Å². The zero-order valence-corrected chi connectivity index (χ0v) is 13.6. The molecule has 0 aliphatic rings. The Balaban J connectivity index is 2.12. The number of ether oxygens (including phenoxy) is 2. The van der Waals surface area contributed by atoms with E-state index in [-0.39, 0.29) is 5.56 Å². The number of hydrogen-bond donors (Lipinski definition) is 0. The van der Waals surface area contributed by atoms with E-state index >= 15 is 0 Å². The second-order valence-corrected chi connectivity index (χ2v) is 5.29. The quantitative estimate of drug-likeness (QED) is 0.808. The fourth-order valence-corrected chi connectivity index (χ4v) is 1.90. The molecule has 6 heteroatoms. The van der Waals surface area contributed by atoms with E-state index in [1.54, 1.807) is 42.9 Å². The summed E-state index contributed by atoms with van der Waals surface area (Å²) in [6.07, 6.45) is 1.69. The molecular weight excluding hydrogens is 300 g/mol. The number of pyridine rings is 1. The second kappa shape index (κ2) is 7.09. The summed E-state index contributed by atoms with van der Waals surface area (Å²) in [4.78, 5) is 13.8. The first kappa shape index (κ1) is 16.0. The Morgan fingerprint density at radius 2 is 1.86 bits per heavy atom. The van der Waals surface area contributed by atoms with Crippen molar-refractivity contribution in [2.75, 3.05) is 21.2 Å². The van der Waals surface area contributed by atoms with Crippen molar-refractivity contribution in [3.8, 4) is 11.5 Å². The van der Waals surface area contributed by atoms with Gasteiger partial charge in [0, 0.05) is 26.4 Å². The Labute approximate surface area is 134 Å². The largest absolute Gasteiger partial charge is 0.497 e. The molecule has 1 aromatic heterocycles. The van der Waals surface area contributed by atoms with Crippen LogP contribution in [0, 0.1) is 0 Å². The molecule has 2 rings (SSSR count). The van der Waals surface area contributed by atoms with E-state index in [9.17, 15) is 4.79 Å². The maximum Gasteiger partial charge on any atom is 0.264 e. The lowest BCUT2D eigenvalue weighted by atomic mass is 10.2. The molecule has 0 saturated heterocycles. The van der Waals surface area contributed by atoms with Gasteiger partial charge in [0.15, 0.2) is 0 Å². The highest BCUT2D eigenvalue weighted by atomic mass is 32.1. The monoisotopic (exact) mass is 318 g/mol. The van der Waals surface area contributed by atoms with E-state index in [2.05, 4.69) is 0 Å². The minimum atomic E-state index is -0.144. The number of rotatable bonds is 4. The topological polar surface area (TPSA) is 43.7 Å². The summed E-state index contributed by atoms with van der Waals surface area (Å²) in [7, 11) is 5.19. The van der Waals surface area contributed by atoms with Gasteiger partial charge in [-0.2, -0.15) is 0 Å². The summed E-state index contributed by atoms with van der Waals surface area (Å²) < 4.78 is 12.1. The Kier molecular flexibility index (Phi) is 5.16. The van der Waals surface area contributed by atoms with Crippen LogP contribution in [-0.2, 0) is 6.54 Å². The van der Waals surface area contributed by atoms with Crippen LogP contribution in [-0.4, -0.2) is 35.8 Å². The third kappa shape index (κ3) is 4.08. The van der Waals surface area contributed by atoms with E-state index in [0.29, 0.717) is 17.5 Å². The Morgan fingerprint density at radius 3 is 2.41 bits per heavy atom. The molecule has 0 unspecified atom stereocenters. The summed E-state index contributed by atoms with van der Waals surface area (Å²) in [5.74, 6) is 1.23. The number of benzene rings is 1. The molecule has 0 atom stereocenters. The van der Waals surface area contributed by atoms with Crippen molar-refractivity contribution in [2.45, 2.75) is 6.54 Å². The lowest BCUT2D eigenvalue weighted by Gasteiger charge is -2.14. The fraction of sp³-hybridized carbons (Fsp3) is 0.250. The maximum atomic E-state index is 12.1. The highest BCUT2D eigenvalue weighted by Crippen LogP contribution is 2.13. The predicted octanol–water partition coefficient (Wildman–Crippen LogP) is 2.13. The van der Waals surface area contributed by atoms with Crippen LogP contribution in [0.15, 0.2) is 47.4 Å². The molecule has 0 amide bonds. The van der Waals surface area contributed by atoms with Crippen LogP contribution in [0.5, 0.6) is 11.5 Å². The van der Waals surface area contributed by atoms with Gasteiger partial charge in [0.1, 0.15) is 11.5 Å². The van der Waals surface area contributed by atoms with Gasteiger partial charge in [-0.15, -0.1) is 0 Å². The van der Waals surface area contributed by atoms with E-state index in [1.165, 1.54) is 6.07 Å². The zero-order chi connectivity index (χ0) is 16.1. The molecule has 0 radical (unpaired) electrons. The summed E-state index contributed by atoms with van der Waals surface area (Å²) in [5.41, 5.74) is 0.871. The van der Waals surface area contributed by atoms with E-state index < -0.39 is 0 Å². The SMILES string of the molecule is COc1ccc(Cn2ccc(OC(=S)N(C)C)cc2=O)cc1. The fourth-order valence-electron chi connectivity index (χ4n) is 1.80. The molecule has 5 nitrogen and oxygen atoms in total. The van der Waals surface area contributed by atoms with Crippen LogP contribution in [0.3, 0.4) is 0 Å². The average molecular weight is 318 g/mol. The Bertz CT molecular complexity index is 708. The van der Waals surface area contributed by atoms with Crippen LogP contribution in [0.2, 0.25) is 0 Å². The number of aromatic nitrogens is 1. The van der Waals surface area contributed by atoms with Crippen LogP contribution in [0.1, 0.15) is 5.56 Å². The smallest absolute Gasteiger partial charge is 0.264 e. The Morgan fingerprint density at radius 1 is 1.18 bits per heavy atom. The third-order valence-electron chi connectivity index (χ3n) is 3.05. The van der Waals surface area contributed by atoms with Gasteiger partial charge in [-0.25, -0.2) is 0 Å². The van der Waals surface area contributed by atoms with Crippen LogP contribution >= 0.6 is 12.2 Å². The van der Waals surface area contributed by atoms with Crippen molar-refractivity contribution in [1.29, 1.82) is 0 Å². The van der Waals surface area contributed by atoms with Crippen molar-refractivity contribution in [2.24, 2.45) is 0 Å². The van der Waals surface area contributed by atoms with Crippen LogP contribution < -0.4 is 15.0 Å². The highest BCUT2D eigenvalue weighted by Gasteiger charge is 2.05. The first-order valence-corrected chi connectivity index (χ1v) is 7.13. The van der Waals surface area contributed by atoms with E-state index in [1.807, 2.05) is 24.3 Å². The average Bonchev–Trinajstić information content (AvgIpc) is 2.50. The van der Waals surface area contributed by atoms with Crippen molar-refractivity contribution in [3.63, 3.8) is 0 Å². The molecule has 0 bridgehead atoms. The molecule has 0 aliphatic heterocycles. The summed E-state index contributed by atoms with van der Waals surface area (Å²) in [6, 6.07) is 10.7. The maximum absolute atomic E-state index is 12.1. The number of nitrogens with zero attached hydrogens (tertiary/aromatic N) is 2. The normalized spacial score (nSPS) is 10.1. The van der Waals surface area contributed by atoms with Crippen molar-refractivity contribution < 1.29 is 9.47 Å². The molecule has 0 aliphatic carbocycles. The van der Waals surface area contributed by atoms with Crippen LogP contribution in [0.25, 0.3) is 0 Å². The molecule has 116 valence electrons. The number of methoxy groups -OCH3 is 1. The lowest BCUT2D eigenvalue weighted by Crippen LogP contribution is -2.26. The molecule has 0 spiro atoms. The van der Waals surface area contributed by atoms with Gasteiger partial charge < -0.3 is 18.9 Å². The standard InChI is InChI=1S/C16H18N2O3S/c1-17(2)16(22)21-14-8-9-18(15(19)10-14)11-12-4-6-13(20-3)7-5-12/h4-10H,11H2,1-3H3. The minimum Gasteiger partial charge on any atom is -0.497 e. The summed E-state index contributed by atoms with van der Waals surface area (Å²) in [5, 5.41) is 0.312. The van der Waals surface area contributed by atoms with Gasteiger partial charge in [-0.3, -0.25) is 4.79 Å². The highest BCUT2D eigenvalue weighted by molar-refractivity contribution is 7.80. The van der Waals surface area contributed by atoms with Crippen molar-refractivity contribution in [1.82, 2.24) is 9.47 Å². The second-order valence-electron chi connectivity index (χ2n) is 4.94. The minimum absolute atomic E-state index is 0.144. The van der Waals surface area contributed by atoms with E-state index in [4.69, 9.17) is 21.7 Å². The van der Waals surface area contributed by atoms with Gasteiger partial charge in [-0.1, -0.05) is 12.1 Å². The third-order valence-corrected chi connectivity index (χ3v) is 3.50. The number of hydrogen-bond acceptors (Lipinski definition) is 4. The molecule has 22 heavy (non-hydrogen) atoms. The predicted molar refractivity (Wildman–Crippen MR) is 89.7 cm³/mol. The molecule has 0 fully saturated rings. The van der Waals surface area contributed by atoms with Crippen molar-refractivity contribution >= 4 is 17.4 Å².